The second-order valence-corrected chi connectivity index (χ2v) is 9.47. The van der Waals surface area contributed by atoms with Crippen LogP contribution in [0.25, 0.3) is 5.00 Å². The predicted octanol–water partition coefficient (Wildman–Crippen LogP) is 4.57. The number of carbonyl (C=O) groups is 1. The van der Waals surface area contributed by atoms with Gasteiger partial charge in [-0.1, -0.05) is 23.7 Å². The van der Waals surface area contributed by atoms with Crippen molar-refractivity contribution in [2.24, 2.45) is 4.99 Å². The van der Waals surface area contributed by atoms with Crippen molar-refractivity contribution in [3.05, 3.63) is 60.5 Å². The van der Waals surface area contributed by atoms with Gasteiger partial charge in [0.2, 0.25) is 0 Å². The lowest BCUT2D eigenvalue weighted by Crippen LogP contribution is -2.10. The molecule has 1 aliphatic rings. The van der Waals surface area contributed by atoms with Crippen molar-refractivity contribution in [1.29, 1.82) is 0 Å². The highest BCUT2D eigenvalue weighted by molar-refractivity contribution is 14.1. The van der Waals surface area contributed by atoms with E-state index in [-0.39, 0.29) is 6.42 Å². The zero-order valence-corrected chi connectivity index (χ0v) is 18.1. The van der Waals surface area contributed by atoms with E-state index in [2.05, 4.69) is 39.7 Å². The summed E-state index contributed by atoms with van der Waals surface area (Å²) < 4.78 is 3.09. The highest BCUT2D eigenvalue weighted by Gasteiger charge is 2.32. The number of aliphatic imine (C=N–C) groups is 1. The maximum absolute atomic E-state index is 11.5. The summed E-state index contributed by atoms with van der Waals surface area (Å²) in [5.74, 6) is 0.340. The summed E-state index contributed by atoms with van der Waals surface area (Å²) >= 11 is 10.0. The van der Waals surface area contributed by atoms with E-state index in [0.717, 1.165) is 30.3 Å². The Morgan fingerprint density at radius 3 is 2.67 bits per heavy atom. The maximum atomic E-state index is 11.5. The van der Waals surface area contributed by atoms with E-state index >= 15 is 0 Å². The van der Waals surface area contributed by atoms with E-state index in [0.29, 0.717) is 16.7 Å². The average molecular weight is 513 g/mol. The highest BCUT2D eigenvalue weighted by Crippen LogP contribution is 2.40. The van der Waals surface area contributed by atoms with Gasteiger partial charge >= 0.3 is 5.97 Å². The molecule has 138 valence electrons. The van der Waals surface area contributed by atoms with Gasteiger partial charge in [0.25, 0.3) is 0 Å². The molecule has 0 fully saturated rings. The van der Waals surface area contributed by atoms with Crippen LogP contribution in [0.2, 0.25) is 5.02 Å². The Morgan fingerprint density at radius 2 is 2.00 bits per heavy atom. The molecule has 6 nitrogen and oxygen atoms in total. The van der Waals surface area contributed by atoms with E-state index in [4.69, 9.17) is 16.6 Å². The fourth-order valence-corrected chi connectivity index (χ4v) is 5.28. The van der Waals surface area contributed by atoms with Gasteiger partial charge < -0.3 is 5.11 Å². The van der Waals surface area contributed by atoms with E-state index in [1.807, 2.05) is 35.8 Å². The first-order chi connectivity index (χ1) is 12.9. The minimum atomic E-state index is -0.928. The first-order valence-electron chi connectivity index (χ1n) is 8.14. The molecule has 1 N–H and O–H groups in total. The minimum Gasteiger partial charge on any atom is -0.481 e. The molecule has 0 saturated carbocycles. The number of aryl methyl sites for hydroxylation is 1. The lowest BCUT2D eigenvalue weighted by molar-refractivity contribution is -0.137. The molecule has 3 heterocycles. The Labute approximate surface area is 178 Å². The average Bonchev–Trinajstić information content (AvgIpc) is 3.08. The van der Waals surface area contributed by atoms with Crippen molar-refractivity contribution < 1.29 is 9.90 Å². The summed E-state index contributed by atoms with van der Waals surface area (Å²) in [6.07, 6.45) is -0.152. The van der Waals surface area contributed by atoms with Crippen LogP contribution in [0.4, 0.5) is 0 Å². The number of hydrogen-bond acceptors (Lipinski definition) is 5. The number of rotatable bonds is 3. The van der Waals surface area contributed by atoms with Crippen LogP contribution in [-0.2, 0) is 4.79 Å². The van der Waals surface area contributed by atoms with Gasteiger partial charge in [0.1, 0.15) is 16.9 Å². The molecule has 9 heteroatoms. The highest BCUT2D eigenvalue weighted by atomic mass is 127. The van der Waals surface area contributed by atoms with E-state index in [9.17, 15) is 9.90 Å². The van der Waals surface area contributed by atoms with Crippen LogP contribution in [0, 0.1) is 16.7 Å². The van der Waals surface area contributed by atoms with Gasteiger partial charge in [-0.25, -0.2) is 0 Å². The monoisotopic (exact) mass is 512 g/mol. The Morgan fingerprint density at radius 1 is 1.30 bits per heavy atom. The summed E-state index contributed by atoms with van der Waals surface area (Å²) in [6.45, 7) is 3.92. The number of aromatic nitrogens is 3. The number of nitrogens with zero attached hydrogens (tertiary/aromatic N) is 4. The quantitative estimate of drug-likeness (QED) is 0.521. The second kappa shape index (κ2) is 6.99. The third-order valence-corrected chi connectivity index (χ3v) is 7.22. The first kappa shape index (κ1) is 18.6. The van der Waals surface area contributed by atoms with Crippen LogP contribution in [-0.4, -0.2) is 31.6 Å². The smallest absolute Gasteiger partial charge is 0.306 e. The Balaban J connectivity index is 2.04. The molecule has 0 aliphatic carbocycles. The van der Waals surface area contributed by atoms with Gasteiger partial charge in [-0.3, -0.25) is 14.4 Å². The summed E-state index contributed by atoms with van der Waals surface area (Å²) in [4.78, 5) is 16.3. The summed E-state index contributed by atoms with van der Waals surface area (Å²) in [6, 6.07) is 6.83. The Hall–Kier alpha value is -1.78. The number of hydrogen-bond donors (Lipinski definition) is 1. The predicted molar refractivity (Wildman–Crippen MR) is 114 cm³/mol. The number of halogens is 2. The summed E-state index contributed by atoms with van der Waals surface area (Å²) in [5, 5.41) is 19.5. The molecule has 27 heavy (non-hydrogen) atoms. The van der Waals surface area contributed by atoms with Crippen molar-refractivity contribution in [2.45, 2.75) is 26.3 Å². The van der Waals surface area contributed by atoms with Gasteiger partial charge in [-0.2, -0.15) is 0 Å². The third-order valence-electron chi connectivity index (χ3n) is 4.43. The molecule has 0 spiro atoms. The first-order valence-corrected chi connectivity index (χ1v) is 10.4. The normalized spacial score (nSPS) is 15.7. The van der Waals surface area contributed by atoms with Crippen LogP contribution in [0.3, 0.4) is 0 Å². The third kappa shape index (κ3) is 3.19. The summed E-state index contributed by atoms with van der Waals surface area (Å²) in [7, 11) is 0. The van der Waals surface area contributed by atoms with Crippen LogP contribution < -0.4 is 0 Å². The lowest BCUT2D eigenvalue weighted by Gasteiger charge is -2.10. The zero-order valence-electron chi connectivity index (χ0n) is 14.4. The molecule has 0 unspecified atom stereocenters. The van der Waals surface area contributed by atoms with Crippen LogP contribution >= 0.6 is 45.5 Å². The molecule has 1 atom stereocenters. The number of thiophene rings is 1. The lowest BCUT2D eigenvalue weighted by atomic mass is 10.0. The van der Waals surface area contributed by atoms with Crippen LogP contribution in [0.1, 0.15) is 40.8 Å². The number of fused-ring (bicyclic) bond motifs is 3. The molecule has 0 saturated heterocycles. The zero-order chi connectivity index (χ0) is 19.3. The van der Waals surface area contributed by atoms with Gasteiger partial charge in [0, 0.05) is 16.1 Å². The molecular weight excluding hydrogens is 499 g/mol. The van der Waals surface area contributed by atoms with Gasteiger partial charge in [-0.05, 0) is 54.1 Å². The molecular formula is C18H14ClIN4O2S. The topological polar surface area (TPSA) is 80.4 Å². The Kier molecular flexibility index (Phi) is 4.81. The van der Waals surface area contributed by atoms with E-state index in [1.54, 1.807) is 11.3 Å². The maximum Gasteiger partial charge on any atom is 0.306 e. The molecule has 4 rings (SSSR count). The molecule has 0 amide bonds. The number of carboxylic acid groups (broad SMARTS) is 1. The fourth-order valence-electron chi connectivity index (χ4n) is 3.16. The van der Waals surface area contributed by atoms with Gasteiger partial charge in [-0.15, -0.1) is 21.5 Å². The molecule has 2 aromatic heterocycles. The van der Waals surface area contributed by atoms with Crippen molar-refractivity contribution in [3.8, 4) is 5.00 Å². The molecule has 1 aliphatic heterocycles. The SMILES string of the molecule is Cc1c(I)sc2c1C(c1ccc(Cl)cc1)=N[C@@H](CC(=O)O)c1nnc(C)n1-2. The van der Waals surface area contributed by atoms with Crippen molar-refractivity contribution in [2.75, 3.05) is 0 Å². The molecule has 0 radical (unpaired) electrons. The van der Waals surface area contributed by atoms with Crippen LogP contribution in [0.15, 0.2) is 29.3 Å². The van der Waals surface area contributed by atoms with Crippen LogP contribution in [0.5, 0.6) is 0 Å². The number of carboxylic acids is 1. The largest absolute Gasteiger partial charge is 0.481 e. The fraction of sp³-hybridized carbons (Fsp3) is 0.222. The minimum absolute atomic E-state index is 0.152. The van der Waals surface area contributed by atoms with Crippen molar-refractivity contribution in [1.82, 2.24) is 14.8 Å². The molecule has 0 bridgehead atoms. The summed E-state index contributed by atoms with van der Waals surface area (Å²) in [5.41, 5.74) is 3.75. The van der Waals surface area contributed by atoms with E-state index < -0.39 is 12.0 Å². The van der Waals surface area contributed by atoms with Crippen molar-refractivity contribution >= 4 is 57.2 Å². The Bertz CT molecular complexity index is 1090. The number of benzene rings is 1. The van der Waals surface area contributed by atoms with Crippen molar-refractivity contribution in [3.63, 3.8) is 0 Å². The second-order valence-electron chi connectivity index (χ2n) is 6.22. The molecule has 3 aromatic rings. The van der Waals surface area contributed by atoms with Gasteiger partial charge in [0.15, 0.2) is 5.82 Å². The van der Waals surface area contributed by atoms with E-state index in [1.165, 1.54) is 0 Å². The van der Waals surface area contributed by atoms with Gasteiger partial charge in [0.05, 0.1) is 15.0 Å². The number of aliphatic carboxylic acids is 1. The molecule has 1 aromatic carbocycles. The standard InChI is InChI=1S/C18H14ClIN4O2S/c1-8-14-15(10-3-5-11(19)6-4-10)21-12(7-13(25)26)17-23-22-9(2)24(17)18(14)27-16(8)20/h3-6,12H,7H2,1-2H3,(H,25,26)/t12-/m0/s1.